The molecule has 0 saturated carbocycles. The molecule has 0 spiro atoms. The van der Waals surface area contributed by atoms with Crippen molar-refractivity contribution < 1.29 is 9.50 Å². The summed E-state index contributed by atoms with van der Waals surface area (Å²) in [5.41, 5.74) is 1.38. The van der Waals surface area contributed by atoms with Crippen molar-refractivity contribution in [1.82, 2.24) is 0 Å². The molecule has 0 aliphatic rings. The van der Waals surface area contributed by atoms with Gasteiger partial charge in [0.05, 0.1) is 11.1 Å². The Bertz CT molecular complexity index is 555. The van der Waals surface area contributed by atoms with E-state index >= 15 is 0 Å². The van der Waals surface area contributed by atoms with Crippen LogP contribution in [0.15, 0.2) is 42.5 Å². The van der Waals surface area contributed by atoms with E-state index in [2.05, 4.69) is 0 Å². The summed E-state index contributed by atoms with van der Waals surface area (Å²) < 4.78 is 13.7. The highest BCUT2D eigenvalue weighted by Crippen LogP contribution is 2.20. The number of rotatable bonds is 4. The lowest BCUT2D eigenvalue weighted by atomic mass is 10.0. The average Bonchev–Trinajstić information content (AvgIpc) is 2.38. The third-order valence-corrected chi connectivity index (χ3v) is 3.42. The van der Waals surface area contributed by atoms with Crippen molar-refractivity contribution in [3.8, 4) is 0 Å². The third kappa shape index (κ3) is 3.93. The van der Waals surface area contributed by atoms with Crippen LogP contribution in [-0.4, -0.2) is 11.2 Å². The van der Waals surface area contributed by atoms with E-state index in [0.29, 0.717) is 17.0 Å². The van der Waals surface area contributed by atoms with Crippen molar-refractivity contribution in [2.45, 2.75) is 18.9 Å². The maximum absolute atomic E-state index is 13.7. The molecule has 2 aromatic carbocycles. The highest BCUT2D eigenvalue weighted by atomic mass is 35.5. The monoisotopic (exact) mass is 298 g/mol. The van der Waals surface area contributed by atoms with Crippen LogP contribution >= 0.6 is 23.2 Å². The Kier molecular flexibility index (Phi) is 4.81. The van der Waals surface area contributed by atoms with Crippen molar-refractivity contribution in [3.63, 3.8) is 0 Å². The summed E-state index contributed by atoms with van der Waals surface area (Å²) in [6.45, 7) is 0. The SMILES string of the molecule is OC(Cc1ccc(Cl)cc1)Cc1cccc(Cl)c1F. The number of aliphatic hydroxyl groups is 1. The predicted molar refractivity (Wildman–Crippen MR) is 76.3 cm³/mol. The first kappa shape index (κ1) is 14.3. The summed E-state index contributed by atoms with van der Waals surface area (Å²) in [6, 6.07) is 12.0. The Morgan fingerprint density at radius 3 is 2.37 bits per heavy atom. The molecule has 1 unspecified atom stereocenters. The lowest BCUT2D eigenvalue weighted by Crippen LogP contribution is -2.14. The van der Waals surface area contributed by atoms with Crippen molar-refractivity contribution in [3.05, 3.63) is 69.5 Å². The van der Waals surface area contributed by atoms with E-state index in [9.17, 15) is 9.50 Å². The van der Waals surface area contributed by atoms with Gasteiger partial charge in [0, 0.05) is 11.4 Å². The van der Waals surface area contributed by atoms with E-state index in [1.165, 1.54) is 6.07 Å². The van der Waals surface area contributed by atoms with Crippen LogP contribution in [0.25, 0.3) is 0 Å². The summed E-state index contributed by atoms with van der Waals surface area (Å²) in [5.74, 6) is -0.459. The summed E-state index contributed by atoms with van der Waals surface area (Å²) in [5, 5.41) is 10.7. The molecule has 0 aliphatic heterocycles. The first-order valence-electron chi connectivity index (χ1n) is 5.91. The van der Waals surface area contributed by atoms with Crippen LogP contribution < -0.4 is 0 Å². The van der Waals surface area contributed by atoms with Gasteiger partial charge < -0.3 is 5.11 Å². The molecule has 0 fully saturated rings. The second-order valence-corrected chi connectivity index (χ2v) is 5.25. The minimum Gasteiger partial charge on any atom is -0.392 e. The Morgan fingerprint density at radius 1 is 1.00 bits per heavy atom. The number of hydrogen-bond donors (Lipinski definition) is 1. The van der Waals surface area contributed by atoms with Gasteiger partial charge in [-0.1, -0.05) is 47.5 Å². The van der Waals surface area contributed by atoms with Gasteiger partial charge in [0.25, 0.3) is 0 Å². The number of aliphatic hydroxyl groups excluding tert-OH is 1. The molecule has 1 N–H and O–H groups in total. The quantitative estimate of drug-likeness (QED) is 0.893. The van der Waals surface area contributed by atoms with E-state index in [1.54, 1.807) is 24.3 Å². The van der Waals surface area contributed by atoms with Crippen LogP contribution in [0.2, 0.25) is 10.0 Å². The topological polar surface area (TPSA) is 20.2 Å². The van der Waals surface area contributed by atoms with Crippen LogP contribution in [0.1, 0.15) is 11.1 Å². The van der Waals surface area contributed by atoms with Gasteiger partial charge in [-0.15, -0.1) is 0 Å². The lowest BCUT2D eigenvalue weighted by Gasteiger charge is -2.12. The molecule has 0 aliphatic carbocycles. The first-order valence-corrected chi connectivity index (χ1v) is 6.67. The van der Waals surface area contributed by atoms with Crippen LogP contribution in [0.5, 0.6) is 0 Å². The van der Waals surface area contributed by atoms with Gasteiger partial charge in [0.15, 0.2) is 0 Å². The van der Waals surface area contributed by atoms with Crippen molar-refractivity contribution >= 4 is 23.2 Å². The Morgan fingerprint density at radius 2 is 1.68 bits per heavy atom. The molecule has 0 amide bonds. The fourth-order valence-electron chi connectivity index (χ4n) is 1.92. The Balaban J connectivity index is 2.03. The van der Waals surface area contributed by atoms with Crippen LogP contribution in [-0.2, 0) is 12.8 Å². The summed E-state index contributed by atoms with van der Waals surface area (Å²) in [6.07, 6.45) is 0.0205. The van der Waals surface area contributed by atoms with Crippen molar-refractivity contribution in [2.75, 3.05) is 0 Å². The molecule has 0 radical (unpaired) electrons. The molecular weight excluding hydrogens is 286 g/mol. The largest absolute Gasteiger partial charge is 0.392 e. The Hall–Kier alpha value is -1.09. The molecule has 1 nitrogen and oxygen atoms in total. The second kappa shape index (κ2) is 6.38. The van der Waals surface area contributed by atoms with Crippen molar-refractivity contribution in [1.29, 1.82) is 0 Å². The fraction of sp³-hybridized carbons (Fsp3) is 0.200. The summed E-state index contributed by atoms with van der Waals surface area (Å²) >= 11 is 11.5. The number of hydrogen-bond acceptors (Lipinski definition) is 1. The predicted octanol–water partition coefficient (Wildman–Crippen LogP) is 4.28. The average molecular weight is 299 g/mol. The maximum atomic E-state index is 13.7. The molecule has 4 heteroatoms. The number of benzene rings is 2. The fourth-order valence-corrected chi connectivity index (χ4v) is 2.24. The lowest BCUT2D eigenvalue weighted by molar-refractivity contribution is 0.174. The summed E-state index contributed by atoms with van der Waals surface area (Å²) in [7, 11) is 0. The molecule has 2 rings (SSSR count). The van der Waals surface area contributed by atoms with Gasteiger partial charge in [-0.2, -0.15) is 0 Å². The van der Waals surface area contributed by atoms with Gasteiger partial charge >= 0.3 is 0 Å². The van der Waals surface area contributed by atoms with E-state index < -0.39 is 11.9 Å². The molecule has 1 atom stereocenters. The second-order valence-electron chi connectivity index (χ2n) is 4.40. The minimum absolute atomic E-state index is 0.0798. The summed E-state index contributed by atoms with van der Waals surface area (Å²) in [4.78, 5) is 0. The first-order chi connectivity index (χ1) is 9.06. The molecular formula is C15H13Cl2FO. The zero-order valence-electron chi connectivity index (χ0n) is 10.1. The van der Waals surface area contributed by atoms with E-state index in [1.807, 2.05) is 12.1 Å². The van der Waals surface area contributed by atoms with E-state index in [4.69, 9.17) is 23.2 Å². The Labute approximate surface area is 121 Å². The standard InChI is InChI=1S/C15H13Cl2FO/c16-12-6-4-10(5-7-12)8-13(19)9-11-2-1-3-14(17)15(11)18/h1-7,13,19H,8-9H2. The molecule has 19 heavy (non-hydrogen) atoms. The maximum Gasteiger partial charge on any atom is 0.145 e. The molecule has 0 saturated heterocycles. The zero-order chi connectivity index (χ0) is 13.8. The smallest absolute Gasteiger partial charge is 0.145 e. The molecule has 0 bridgehead atoms. The highest BCUT2D eigenvalue weighted by molar-refractivity contribution is 6.31. The molecule has 100 valence electrons. The van der Waals surface area contributed by atoms with Crippen LogP contribution in [0.3, 0.4) is 0 Å². The molecule has 0 aromatic heterocycles. The van der Waals surface area contributed by atoms with Crippen molar-refractivity contribution in [2.24, 2.45) is 0 Å². The van der Waals surface area contributed by atoms with Crippen LogP contribution in [0.4, 0.5) is 4.39 Å². The van der Waals surface area contributed by atoms with Gasteiger partial charge in [-0.05, 0) is 35.7 Å². The van der Waals surface area contributed by atoms with Gasteiger partial charge in [-0.25, -0.2) is 4.39 Å². The van der Waals surface area contributed by atoms with Crippen LogP contribution in [0, 0.1) is 5.82 Å². The van der Waals surface area contributed by atoms with E-state index in [0.717, 1.165) is 5.56 Å². The number of halogens is 3. The zero-order valence-corrected chi connectivity index (χ0v) is 11.6. The van der Waals surface area contributed by atoms with Gasteiger partial charge in [0.2, 0.25) is 0 Å². The minimum atomic E-state index is -0.658. The van der Waals surface area contributed by atoms with Gasteiger partial charge in [0.1, 0.15) is 5.82 Å². The highest BCUT2D eigenvalue weighted by Gasteiger charge is 2.12. The third-order valence-electron chi connectivity index (χ3n) is 2.87. The van der Waals surface area contributed by atoms with Gasteiger partial charge in [-0.3, -0.25) is 0 Å². The normalized spacial score (nSPS) is 12.4. The molecule has 0 heterocycles. The van der Waals surface area contributed by atoms with E-state index in [-0.39, 0.29) is 11.4 Å². The molecule has 2 aromatic rings.